The van der Waals surface area contributed by atoms with Gasteiger partial charge in [0.2, 0.25) is 0 Å². The first-order chi connectivity index (χ1) is 8.48. The zero-order valence-corrected chi connectivity index (χ0v) is 11.6. The van der Waals surface area contributed by atoms with Crippen LogP contribution in [0.2, 0.25) is 0 Å². The van der Waals surface area contributed by atoms with Crippen molar-refractivity contribution >= 4 is 0 Å². The van der Waals surface area contributed by atoms with Crippen molar-refractivity contribution in [3.8, 4) is 5.75 Å². The summed E-state index contributed by atoms with van der Waals surface area (Å²) in [4.78, 5) is 0. The number of hydrogen-bond donors (Lipinski definition) is 0. The number of methoxy groups -OCH3 is 1. The van der Waals surface area contributed by atoms with E-state index < -0.39 is 0 Å². The van der Waals surface area contributed by atoms with Crippen molar-refractivity contribution < 1.29 is 14.2 Å². The molecule has 0 aliphatic carbocycles. The topological polar surface area (TPSA) is 27.7 Å². The monoisotopic (exact) mass is 250 g/mol. The minimum Gasteiger partial charge on any atom is -0.497 e. The van der Waals surface area contributed by atoms with Crippen LogP contribution in [0.1, 0.15) is 32.8 Å². The van der Waals surface area contributed by atoms with Gasteiger partial charge in [0, 0.05) is 12.8 Å². The lowest BCUT2D eigenvalue weighted by Gasteiger charge is -2.39. The molecule has 1 aromatic rings. The van der Waals surface area contributed by atoms with Crippen molar-refractivity contribution in [3.05, 3.63) is 29.8 Å². The van der Waals surface area contributed by atoms with Crippen molar-refractivity contribution in [1.29, 1.82) is 0 Å². The molecule has 100 valence electrons. The van der Waals surface area contributed by atoms with Crippen molar-refractivity contribution in [2.24, 2.45) is 0 Å². The van der Waals surface area contributed by atoms with Gasteiger partial charge in [-0.3, -0.25) is 0 Å². The van der Waals surface area contributed by atoms with Crippen LogP contribution in [0.3, 0.4) is 0 Å². The fourth-order valence-electron chi connectivity index (χ4n) is 2.48. The molecule has 3 nitrogen and oxygen atoms in total. The first kappa shape index (κ1) is 13.4. The Morgan fingerprint density at radius 1 is 1.28 bits per heavy atom. The highest BCUT2D eigenvalue weighted by molar-refractivity contribution is 5.27. The van der Waals surface area contributed by atoms with Gasteiger partial charge in [0.05, 0.1) is 18.8 Å². The maximum Gasteiger partial charge on any atom is 0.162 e. The molecule has 0 unspecified atom stereocenters. The summed E-state index contributed by atoms with van der Waals surface area (Å²) in [5, 5.41) is 0. The Kier molecular flexibility index (Phi) is 3.93. The van der Waals surface area contributed by atoms with Crippen molar-refractivity contribution in [1.82, 2.24) is 0 Å². The maximum atomic E-state index is 5.95. The predicted octanol–water partition coefficient (Wildman–Crippen LogP) is 3.17. The molecule has 0 spiro atoms. The van der Waals surface area contributed by atoms with Gasteiger partial charge in [-0.1, -0.05) is 12.1 Å². The molecular formula is C15H22O3. The van der Waals surface area contributed by atoms with Gasteiger partial charge in [-0.2, -0.15) is 0 Å². The summed E-state index contributed by atoms with van der Waals surface area (Å²) in [6.07, 6.45) is 1.80. The maximum absolute atomic E-state index is 5.95. The molecule has 0 radical (unpaired) electrons. The van der Waals surface area contributed by atoms with Crippen molar-refractivity contribution in [3.63, 3.8) is 0 Å². The van der Waals surface area contributed by atoms with E-state index in [4.69, 9.17) is 14.2 Å². The second kappa shape index (κ2) is 5.29. The smallest absolute Gasteiger partial charge is 0.162 e. The summed E-state index contributed by atoms with van der Waals surface area (Å²) < 4.78 is 16.9. The number of rotatable bonds is 3. The molecule has 1 aliphatic heterocycles. The molecular weight excluding hydrogens is 228 g/mol. The second-order valence-corrected chi connectivity index (χ2v) is 5.51. The molecule has 1 aliphatic rings. The molecule has 0 N–H and O–H groups in total. The molecule has 1 saturated heterocycles. The lowest BCUT2D eigenvalue weighted by molar-refractivity contribution is -0.267. The van der Waals surface area contributed by atoms with Crippen LogP contribution in [0.25, 0.3) is 0 Å². The third kappa shape index (κ3) is 3.47. The van der Waals surface area contributed by atoms with Crippen LogP contribution in [0.15, 0.2) is 24.3 Å². The Bertz CT molecular complexity index is 383. The Labute approximate surface area is 109 Å². The average molecular weight is 250 g/mol. The summed E-state index contributed by atoms with van der Waals surface area (Å²) in [6.45, 7) is 6.34. The van der Waals surface area contributed by atoms with Crippen LogP contribution >= 0.6 is 0 Å². The molecule has 1 heterocycles. The van der Waals surface area contributed by atoms with Gasteiger partial charge in [-0.25, -0.2) is 0 Å². The highest BCUT2D eigenvalue weighted by Crippen LogP contribution is 2.29. The van der Waals surface area contributed by atoms with Gasteiger partial charge in [0.15, 0.2) is 6.29 Å². The van der Waals surface area contributed by atoms with Crippen molar-refractivity contribution in [2.75, 3.05) is 7.11 Å². The molecule has 0 saturated carbocycles. The lowest BCUT2D eigenvalue weighted by atomic mass is 9.99. The SMILES string of the molecule is COc1ccc(C[C@@H]2O[C@@H](C)CC(C)(C)O2)cc1. The fraction of sp³-hybridized carbons (Fsp3) is 0.600. The van der Waals surface area contributed by atoms with E-state index in [0.717, 1.165) is 18.6 Å². The predicted molar refractivity (Wildman–Crippen MR) is 70.8 cm³/mol. The van der Waals surface area contributed by atoms with Gasteiger partial charge >= 0.3 is 0 Å². The van der Waals surface area contributed by atoms with E-state index in [9.17, 15) is 0 Å². The van der Waals surface area contributed by atoms with E-state index in [2.05, 4.69) is 32.9 Å². The van der Waals surface area contributed by atoms with E-state index >= 15 is 0 Å². The lowest BCUT2D eigenvalue weighted by Crippen LogP contribution is -2.43. The molecule has 18 heavy (non-hydrogen) atoms. The van der Waals surface area contributed by atoms with E-state index in [0.29, 0.717) is 0 Å². The van der Waals surface area contributed by atoms with E-state index in [-0.39, 0.29) is 18.0 Å². The molecule has 0 bridgehead atoms. The van der Waals surface area contributed by atoms with Gasteiger partial charge in [-0.15, -0.1) is 0 Å². The quantitative estimate of drug-likeness (QED) is 0.824. The summed E-state index contributed by atoms with van der Waals surface area (Å²) in [5.41, 5.74) is 1.10. The zero-order chi connectivity index (χ0) is 13.2. The number of benzene rings is 1. The summed E-state index contributed by atoms with van der Waals surface area (Å²) in [5.74, 6) is 0.873. The number of hydrogen-bond acceptors (Lipinski definition) is 3. The van der Waals surface area contributed by atoms with Gasteiger partial charge in [0.25, 0.3) is 0 Å². The number of ether oxygens (including phenoxy) is 3. The van der Waals surface area contributed by atoms with Crippen LogP contribution < -0.4 is 4.74 Å². The van der Waals surface area contributed by atoms with Gasteiger partial charge < -0.3 is 14.2 Å². The molecule has 1 fully saturated rings. The zero-order valence-electron chi connectivity index (χ0n) is 11.6. The summed E-state index contributed by atoms with van der Waals surface area (Å²) >= 11 is 0. The minimum absolute atomic E-state index is 0.102. The second-order valence-electron chi connectivity index (χ2n) is 5.51. The van der Waals surface area contributed by atoms with Crippen LogP contribution in [0, 0.1) is 0 Å². The molecule has 1 aromatic carbocycles. The Morgan fingerprint density at radius 2 is 1.94 bits per heavy atom. The highest BCUT2D eigenvalue weighted by atomic mass is 16.7. The molecule has 2 atom stereocenters. The third-order valence-corrected chi connectivity index (χ3v) is 3.18. The van der Waals surface area contributed by atoms with E-state index in [1.165, 1.54) is 5.56 Å². The van der Waals surface area contributed by atoms with Gasteiger partial charge in [-0.05, 0) is 38.5 Å². The Balaban J connectivity index is 1.99. The van der Waals surface area contributed by atoms with Crippen LogP contribution in [0.5, 0.6) is 5.75 Å². The van der Waals surface area contributed by atoms with E-state index in [1.807, 2.05) is 12.1 Å². The molecule has 0 aromatic heterocycles. The first-order valence-corrected chi connectivity index (χ1v) is 6.45. The van der Waals surface area contributed by atoms with Gasteiger partial charge in [0.1, 0.15) is 5.75 Å². The van der Waals surface area contributed by atoms with Crippen molar-refractivity contribution in [2.45, 2.75) is 51.6 Å². The average Bonchev–Trinajstić information content (AvgIpc) is 2.27. The van der Waals surface area contributed by atoms with Crippen LogP contribution in [-0.4, -0.2) is 25.1 Å². The Morgan fingerprint density at radius 3 is 2.50 bits per heavy atom. The van der Waals surface area contributed by atoms with Crippen LogP contribution in [-0.2, 0) is 15.9 Å². The summed E-state index contributed by atoms with van der Waals surface area (Å²) in [6, 6.07) is 8.04. The Hall–Kier alpha value is -1.06. The summed E-state index contributed by atoms with van der Waals surface area (Å²) in [7, 11) is 1.67. The largest absolute Gasteiger partial charge is 0.497 e. The normalized spacial score (nSPS) is 26.9. The standard InChI is InChI=1S/C15H22O3/c1-11-10-15(2,3)18-14(17-11)9-12-5-7-13(16-4)8-6-12/h5-8,11,14H,9-10H2,1-4H3/t11-,14+/m0/s1. The molecule has 0 amide bonds. The fourth-order valence-corrected chi connectivity index (χ4v) is 2.48. The van der Waals surface area contributed by atoms with E-state index in [1.54, 1.807) is 7.11 Å². The molecule has 2 rings (SSSR count). The molecule has 3 heteroatoms. The third-order valence-electron chi connectivity index (χ3n) is 3.18. The first-order valence-electron chi connectivity index (χ1n) is 6.45. The van der Waals surface area contributed by atoms with Crippen LogP contribution in [0.4, 0.5) is 0 Å². The minimum atomic E-state index is -0.155. The highest BCUT2D eigenvalue weighted by Gasteiger charge is 2.33.